The van der Waals surface area contributed by atoms with Gasteiger partial charge in [-0.15, -0.1) is 0 Å². The van der Waals surface area contributed by atoms with Gasteiger partial charge in [-0.05, 0) is 49.6 Å². The fourth-order valence-electron chi connectivity index (χ4n) is 2.97. The van der Waals surface area contributed by atoms with E-state index in [1.165, 1.54) is 17.7 Å². The van der Waals surface area contributed by atoms with Crippen molar-refractivity contribution in [1.82, 2.24) is 9.97 Å². The third-order valence-electron chi connectivity index (χ3n) is 4.91. The van der Waals surface area contributed by atoms with Gasteiger partial charge in [0.1, 0.15) is 0 Å². The Morgan fingerprint density at radius 3 is 2.31 bits per heavy atom. The summed E-state index contributed by atoms with van der Waals surface area (Å²) >= 11 is 1.08. The number of amides is 1. The first kappa shape index (κ1) is 23.7. The molecule has 1 heterocycles. The van der Waals surface area contributed by atoms with E-state index < -0.39 is 25.5 Å². The van der Waals surface area contributed by atoms with Crippen molar-refractivity contribution in [3.8, 4) is 0 Å². The van der Waals surface area contributed by atoms with Crippen LogP contribution < -0.4 is 10.9 Å². The molecule has 0 saturated heterocycles. The van der Waals surface area contributed by atoms with Crippen LogP contribution in [0.25, 0.3) is 0 Å². The molecule has 168 valence electrons. The van der Waals surface area contributed by atoms with Crippen molar-refractivity contribution in [2.45, 2.75) is 53.8 Å². The van der Waals surface area contributed by atoms with E-state index in [0.717, 1.165) is 29.9 Å². The second kappa shape index (κ2) is 10.1. The van der Waals surface area contributed by atoms with Crippen molar-refractivity contribution in [2.24, 2.45) is 0 Å². The normalized spacial score (nSPS) is 12.3. The van der Waals surface area contributed by atoms with E-state index in [1.807, 2.05) is 38.1 Å². The third kappa shape index (κ3) is 5.46. The maximum absolute atomic E-state index is 12.8. The number of benzene rings is 2. The van der Waals surface area contributed by atoms with E-state index in [-0.39, 0.29) is 16.0 Å². The number of carbonyl (C=O) groups is 1. The van der Waals surface area contributed by atoms with Gasteiger partial charge in [-0.2, -0.15) is 0 Å². The molecule has 0 fully saturated rings. The van der Waals surface area contributed by atoms with Crippen LogP contribution >= 0.6 is 11.8 Å². The molecule has 1 unspecified atom stereocenters. The molecule has 1 amide bonds. The monoisotopic (exact) mass is 471 g/mol. The number of aromatic amines is 1. The lowest BCUT2D eigenvalue weighted by atomic mass is 10.1. The van der Waals surface area contributed by atoms with Crippen LogP contribution in [0.15, 0.2) is 74.5 Å². The van der Waals surface area contributed by atoms with Gasteiger partial charge in [-0.1, -0.05) is 55.4 Å². The van der Waals surface area contributed by atoms with Crippen molar-refractivity contribution in [3.63, 3.8) is 0 Å². The van der Waals surface area contributed by atoms with Gasteiger partial charge < -0.3 is 10.3 Å². The second-order valence-electron chi connectivity index (χ2n) is 7.25. The second-order valence-corrected chi connectivity index (χ2v) is 10.4. The van der Waals surface area contributed by atoms with Crippen LogP contribution in [0, 0.1) is 6.92 Å². The molecule has 0 aliphatic carbocycles. The first-order chi connectivity index (χ1) is 15.2. The number of anilines is 1. The summed E-state index contributed by atoms with van der Waals surface area (Å²) in [5, 5.41) is 2.54. The maximum Gasteiger partial charge on any atom is 0.270 e. The van der Waals surface area contributed by atoms with E-state index >= 15 is 0 Å². The van der Waals surface area contributed by atoms with Gasteiger partial charge in [0.05, 0.1) is 16.3 Å². The molecule has 0 radical (unpaired) electrons. The van der Waals surface area contributed by atoms with Crippen molar-refractivity contribution in [3.05, 3.63) is 76.2 Å². The van der Waals surface area contributed by atoms with Gasteiger partial charge >= 0.3 is 0 Å². The van der Waals surface area contributed by atoms with Crippen LogP contribution in [-0.2, 0) is 21.1 Å². The lowest BCUT2D eigenvalue weighted by molar-refractivity contribution is -0.115. The minimum absolute atomic E-state index is 0.0238. The van der Waals surface area contributed by atoms with E-state index in [9.17, 15) is 18.0 Å². The molecule has 0 aliphatic rings. The van der Waals surface area contributed by atoms with Crippen molar-refractivity contribution in [2.75, 3.05) is 5.32 Å². The van der Waals surface area contributed by atoms with Crippen LogP contribution in [0.4, 0.5) is 5.69 Å². The molecule has 1 aromatic heterocycles. The Kier molecular flexibility index (Phi) is 7.52. The van der Waals surface area contributed by atoms with Gasteiger partial charge in [0.15, 0.2) is 10.1 Å². The Morgan fingerprint density at radius 1 is 1.09 bits per heavy atom. The molecule has 3 aromatic rings. The fraction of sp³-hybridized carbons (Fsp3) is 0.261. The number of aryl methyl sites for hydroxylation is 2. The number of carbonyl (C=O) groups excluding carboxylic acids is 1. The van der Waals surface area contributed by atoms with Crippen LogP contribution in [0.3, 0.4) is 0 Å². The Balaban J connectivity index is 1.76. The molecule has 0 aliphatic heterocycles. The quantitative estimate of drug-likeness (QED) is 0.380. The van der Waals surface area contributed by atoms with E-state index in [1.54, 1.807) is 12.1 Å². The lowest BCUT2D eigenvalue weighted by Gasteiger charge is -2.14. The summed E-state index contributed by atoms with van der Waals surface area (Å²) in [5.74, 6) is -0.222. The summed E-state index contributed by atoms with van der Waals surface area (Å²) in [4.78, 5) is 31.4. The number of nitrogens with zero attached hydrogens (tertiary/aromatic N) is 1. The number of rotatable bonds is 8. The minimum Gasteiger partial charge on any atom is -0.325 e. The average Bonchev–Trinajstić information content (AvgIpc) is 2.78. The summed E-state index contributed by atoms with van der Waals surface area (Å²) in [6, 6.07) is 13.8. The first-order valence-corrected chi connectivity index (χ1v) is 12.6. The van der Waals surface area contributed by atoms with Crippen LogP contribution in [0.2, 0.25) is 0 Å². The zero-order chi connectivity index (χ0) is 23.3. The number of thioether (sulfide) groups is 1. The summed E-state index contributed by atoms with van der Waals surface area (Å²) in [6.45, 7) is 5.76. The van der Waals surface area contributed by atoms with Gasteiger partial charge in [0, 0.05) is 5.69 Å². The molecule has 0 saturated carbocycles. The Morgan fingerprint density at radius 2 is 1.75 bits per heavy atom. The van der Waals surface area contributed by atoms with E-state index in [2.05, 4.69) is 22.2 Å². The Bertz CT molecular complexity index is 1250. The predicted molar refractivity (Wildman–Crippen MR) is 126 cm³/mol. The molecule has 9 heteroatoms. The fourth-order valence-corrected chi connectivity index (χ4v) is 5.07. The highest BCUT2D eigenvalue weighted by Crippen LogP contribution is 2.24. The van der Waals surface area contributed by atoms with Crippen molar-refractivity contribution >= 4 is 33.2 Å². The average molecular weight is 472 g/mol. The van der Waals surface area contributed by atoms with Crippen LogP contribution in [0.5, 0.6) is 0 Å². The Hall–Kier alpha value is -2.91. The highest BCUT2D eigenvalue weighted by molar-refractivity contribution is 8.00. The van der Waals surface area contributed by atoms with Crippen LogP contribution in [0.1, 0.15) is 31.4 Å². The third-order valence-corrected chi connectivity index (χ3v) is 7.94. The molecule has 0 bridgehead atoms. The molecular weight excluding hydrogens is 446 g/mol. The first-order valence-electron chi connectivity index (χ1n) is 10.2. The van der Waals surface area contributed by atoms with Gasteiger partial charge in [-0.25, -0.2) is 13.4 Å². The molecule has 3 rings (SSSR count). The zero-order valence-corrected chi connectivity index (χ0v) is 19.7. The molecule has 0 spiro atoms. The molecule has 32 heavy (non-hydrogen) atoms. The largest absolute Gasteiger partial charge is 0.325 e. The topological polar surface area (TPSA) is 109 Å². The summed E-state index contributed by atoms with van der Waals surface area (Å²) in [7, 11) is -3.99. The number of nitrogens with one attached hydrogen (secondary N) is 2. The highest BCUT2D eigenvalue weighted by atomic mass is 32.2. The maximum atomic E-state index is 12.8. The number of aromatic nitrogens is 2. The lowest BCUT2D eigenvalue weighted by Crippen LogP contribution is -2.26. The van der Waals surface area contributed by atoms with Crippen molar-refractivity contribution < 1.29 is 13.2 Å². The number of H-pyrrole nitrogens is 1. The van der Waals surface area contributed by atoms with Gasteiger partial charge in [-0.3, -0.25) is 9.59 Å². The standard InChI is InChI=1S/C23H25N3O4S2/c1-4-16-8-10-17(11-9-16)25-21(27)19(5-2)31-23-24-14-20(22(28)26-23)32(29,30)18-12-6-15(3)7-13-18/h6-14,19H,4-5H2,1-3H3,(H,25,27)(H,24,26,28). The van der Waals surface area contributed by atoms with Gasteiger partial charge in [0.25, 0.3) is 5.56 Å². The highest BCUT2D eigenvalue weighted by Gasteiger charge is 2.24. The predicted octanol–water partition coefficient (Wildman–Crippen LogP) is 3.98. The Labute approximate surface area is 191 Å². The molecular formula is C23H25N3O4S2. The van der Waals surface area contributed by atoms with Gasteiger partial charge in [0.2, 0.25) is 15.7 Å². The number of sulfone groups is 1. The number of hydrogen-bond donors (Lipinski definition) is 2. The smallest absolute Gasteiger partial charge is 0.270 e. The number of hydrogen-bond acceptors (Lipinski definition) is 6. The molecule has 7 nitrogen and oxygen atoms in total. The SMILES string of the molecule is CCc1ccc(NC(=O)C(CC)Sc2ncc(S(=O)(=O)c3ccc(C)cc3)c(=O)[nH]2)cc1. The van der Waals surface area contributed by atoms with E-state index in [0.29, 0.717) is 12.1 Å². The molecule has 2 N–H and O–H groups in total. The zero-order valence-electron chi connectivity index (χ0n) is 18.1. The summed E-state index contributed by atoms with van der Waals surface area (Å²) < 4.78 is 25.6. The molecule has 1 atom stereocenters. The molecule has 2 aromatic carbocycles. The van der Waals surface area contributed by atoms with E-state index in [4.69, 9.17) is 0 Å². The minimum atomic E-state index is -3.99. The van der Waals surface area contributed by atoms with Crippen LogP contribution in [-0.4, -0.2) is 29.5 Å². The summed E-state index contributed by atoms with van der Waals surface area (Å²) in [5.41, 5.74) is 2.00. The van der Waals surface area contributed by atoms with Crippen molar-refractivity contribution in [1.29, 1.82) is 0 Å². The summed E-state index contributed by atoms with van der Waals surface area (Å²) in [6.07, 6.45) is 2.46.